The maximum atomic E-state index is 12.0. The number of ether oxygens (including phenoxy) is 2. The summed E-state index contributed by atoms with van der Waals surface area (Å²) in [7, 11) is 1.57. The quantitative estimate of drug-likeness (QED) is 0.783. The Morgan fingerprint density at radius 1 is 1.22 bits per heavy atom. The Kier molecular flexibility index (Phi) is 6.73. The van der Waals surface area contributed by atoms with Crippen LogP contribution in [0.2, 0.25) is 0 Å². The lowest BCUT2D eigenvalue weighted by Crippen LogP contribution is -2.27. The smallest absolute Gasteiger partial charge is 0.412 e. The Labute approximate surface area is 139 Å². The van der Waals surface area contributed by atoms with Gasteiger partial charge in [0.2, 0.25) is 0 Å². The Morgan fingerprint density at radius 2 is 1.87 bits per heavy atom. The number of carbonyl (C=O) groups is 1. The number of rotatable bonds is 6. The first kappa shape index (κ1) is 19.1. The number of nitrogens with one attached hydrogen (secondary N) is 2. The van der Waals surface area contributed by atoms with Gasteiger partial charge in [0, 0.05) is 11.7 Å². The lowest BCUT2D eigenvalue weighted by molar-refractivity contribution is 0.0635. The van der Waals surface area contributed by atoms with E-state index in [9.17, 15) is 4.79 Å². The number of hydrogen-bond donors (Lipinski definition) is 2. The highest BCUT2D eigenvalue weighted by molar-refractivity contribution is 5.88. The topological polar surface area (TPSA) is 59.6 Å². The van der Waals surface area contributed by atoms with Crippen molar-refractivity contribution in [1.29, 1.82) is 0 Å². The Morgan fingerprint density at radius 3 is 2.39 bits per heavy atom. The fourth-order valence-corrected chi connectivity index (χ4v) is 2.36. The molecular formula is C18H30N2O3. The van der Waals surface area contributed by atoms with Crippen molar-refractivity contribution in [3.8, 4) is 5.75 Å². The zero-order valence-electron chi connectivity index (χ0n) is 15.3. The summed E-state index contributed by atoms with van der Waals surface area (Å²) in [5.74, 6) is 1.22. The van der Waals surface area contributed by atoms with Gasteiger partial charge in [-0.25, -0.2) is 4.79 Å². The molecular weight excluding hydrogens is 292 g/mol. The summed E-state index contributed by atoms with van der Waals surface area (Å²) in [6, 6.07) is 5.98. The van der Waals surface area contributed by atoms with E-state index in [2.05, 4.69) is 31.4 Å². The summed E-state index contributed by atoms with van der Waals surface area (Å²) in [5.41, 5.74) is 0.979. The third-order valence-corrected chi connectivity index (χ3v) is 3.07. The van der Waals surface area contributed by atoms with Crippen molar-refractivity contribution in [2.45, 2.75) is 59.6 Å². The number of amides is 1. The second kappa shape index (κ2) is 8.09. The van der Waals surface area contributed by atoms with E-state index in [4.69, 9.17) is 9.47 Å². The third-order valence-electron chi connectivity index (χ3n) is 3.07. The summed E-state index contributed by atoms with van der Waals surface area (Å²) in [4.78, 5) is 12.0. The SMILES string of the molecule is COc1ccc(NC(C)CC(C)C)cc1NC(=O)OC(C)(C)C. The molecule has 1 amide bonds. The van der Waals surface area contributed by atoms with Crippen LogP contribution in [0.1, 0.15) is 48.0 Å². The van der Waals surface area contributed by atoms with Crippen molar-refractivity contribution in [2.24, 2.45) is 5.92 Å². The van der Waals surface area contributed by atoms with E-state index < -0.39 is 11.7 Å². The Hall–Kier alpha value is -1.91. The van der Waals surface area contributed by atoms with Crippen molar-refractivity contribution in [3.63, 3.8) is 0 Å². The van der Waals surface area contributed by atoms with Gasteiger partial charge in [-0.3, -0.25) is 5.32 Å². The molecule has 0 aliphatic rings. The molecule has 1 unspecified atom stereocenters. The van der Waals surface area contributed by atoms with Crippen LogP contribution < -0.4 is 15.4 Å². The first-order valence-electron chi connectivity index (χ1n) is 8.05. The molecule has 0 radical (unpaired) electrons. The molecule has 23 heavy (non-hydrogen) atoms. The minimum atomic E-state index is -0.543. The summed E-state index contributed by atoms with van der Waals surface area (Å²) in [6.45, 7) is 12.0. The van der Waals surface area contributed by atoms with Crippen LogP contribution in [-0.4, -0.2) is 24.8 Å². The van der Waals surface area contributed by atoms with Crippen molar-refractivity contribution < 1.29 is 14.3 Å². The normalized spacial score (nSPS) is 12.7. The predicted octanol–water partition coefficient (Wildman–Crippen LogP) is 4.89. The number of anilines is 2. The first-order chi connectivity index (χ1) is 10.6. The van der Waals surface area contributed by atoms with Crippen LogP contribution in [0.5, 0.6) is 5.75 Å². The van der Waals surface area contributed by atoms with Crippen molar-refractivity contribution in [1.82, 2.24) is 0 Å². The summed E-state index contributed by atoms with van der Waals surface area (Å²) in [5, 5.41) is 6.18. The lowest BCUT2D eigenvalue weighted by atomic mass is 10.1. The van der Waals surface area contributed by atoms with Crippen LogP contribution in [0.25, 0.3) is 0 Å². The Balaban J connectivity index is 2.84. The molecule has 5 nitrogen and oxygen atoms in total. The fourth-order valence-electron chi connectivity index (χ4n) is 2.36. The van der Waals surface area contributed by atoms with E-state index in [1.165, 1.54) is 0 Å². The van der Waals surface area contributed by atoms with Crippen LogP contribution in [0, 0.1) is 5.92 Å². The molecule has 1 rings (SSSR count). The van der Waals surface area contributed by atoms with Crippen LogP contribution >= 0.6 is 0 Å². The number of benzene rings is 1. The zero-order valence-corrected chi connectivity index (χ0v) is 15.3. The zero-order chi connectivity index (χ0) is 17.6. The van der Waals surface area contributed by atoms with Crippen LogP contribution in [0.3, 0.4) is 0 Å². The van der Waals surface area contributed by atoms with Gasteiger partial charge in [-0.15, -0.1) is 0 Å². The molecule has 0 aliphatic heterocycles. The highest BCUT2D eigenvalue weighted by Gasteiger charge is 2.18. The molecule has 1 aromatic carbocycles. The van der Waals surface area contributed by atoms with Gasteiger partial charge in [-0.2, -0.15) is 0 Å². The molecule has 2 N–H and O–H groups in total. The molecule has 0 fully saturated rings. The Bertz CT molecular complexity index is 521. The molecule has 0 saturated carbocycles. The van der Waals surface area contributed by atoms with E-state index in [0.717, 1.165) is 12.1 Å². The van der Waals surface area contributed by atoms with Crippen molar-refractivity contribution in [3.05, 3.63) is 18.2 Å². The maximum absolute atomic E-state index is 12.0. The predicted molar refractivity (Wildman–Crippen MR) is 95.4 cm³/mol. The van der Waals surface area contributed by atoms with Gasteiger partial charge in [-0.1, -0.05) is 13.8 Å². The van der Waals surface area contributed by atoms with E-state index in [0.29, 0.717) is 23.4 Å². The fraction of sp³-hybridized carbons (Fsp3) is 0.611. The van der Waals surface area contributed by atoms with Gasteiger partial charge in [0.15, 0.2) is 0 Å². The van der Waals surface area contributed by atoms with Crippen LogP contribution in [0.4, 0.5) is 16.2 Å². The second-order valence-corrected chi connectivity index (χ2v) is 7.22. The molecule has 0 aliphatic carbocycles. The molecule has 1 aromatic rings. The second-order valence-electron chi connectivity index (χ2n) is 7.22. The summed E-state index contributed by atoms with van der Waals surface area (Å²) in [6.07, 6.45) is 0.573. The first-order valence-corrected chi connectivity index (χ1v) is 8.05. The summed E-state index contributed by atoms with van der Waals surface area (Å²) >= 11 is 0. The number of methoxy groups -OCH3 is 1. The molecule has 0 bridgehead atoms. The molecule has 1 atom stereocenters. The molecule has 0 spiro atoms. The van der Waals surface area contributed by atoms with E-state index >= 15 is 0 Å². The minimum Gasteiger partial charge on any atom is -0.495 e. The van der Waals surface area contributed by atoms with Crippen molar-refractivity contribution in [2.75, 3.05) is 17.7 Å². The van der Waals surface area contributed by atoms with Gasteiger partial charge in [0.05, 0.1) is 12.8 Å². The van der Waals surface area contributed by atoms with Gasteiger partial charge < -0.3 is 14.8 Å². The van der Waals surface area contributed by atoms with Gasteiger partial charge in [-0.05, 0) is 58.2 Å². The molecule has 0 saturated heterocycles. The average molecular weight is 322 g/mol. The number of carbonyl (C=O) groups excluding carboxylic acids is 1. The van der Waals surface area contributed by atoms with Gasteiger partial charge in [0.25, 0.3) is 0 Å². The highest BCUT2D eigenvalue weighted by atomic mass is 16.6. The van der Waals surface area contributed by atoms with Gasteiger partial charge >= 0.3 is 6.09 Å². The third kappa shape index (κ3) is 7.26. The molecule has 0 heterocycles. The summed E-state index contributed by atoms with van der Waals surface area (Å²) < 4.78 is 10.6. The molecule has 0 aromatic heterocycles. The maximum Gasteiger partial charge on any atom is 0.412 e. The van der Waals surface area contributed by atoms with Crippen LogP contribution in [-0.2, 0) is 4.74 Å². The monoisotopic (exact) mass is 322 g/mol. The van der Waals surface area contributed by atoms with Crippen LogP contribution in [0.15, 0.2) is 18.2 Å². The van der Waals surface area contributed by atoms with E-state index in [-0.39, 0.29) is 0 Å². The minimum absolute atomic E-state index is 0.345. The highest BCUT2D eigenvalue weighted by Crippen LogP contribution is 2.29. The largest absolute Gasteiger partial charge is 0.495 e. The number of hydrogen-bond acceptors (Lipinski definition) is 4. The molecule has 5 heteroatoms. The van der Waals surface area contributed by atoms with E-state index in [1.54, 1.807) is 7.11 Å². The van der Waals surface area contributed by atoms with Crippen molar-refractivity contribution >= 4 is 17.5 Å². The molecule has 130 valence electrons. The van der Waals surface area contributed by atoms with Gasteiger partial charge in [0.1, 0.15) is 11.4 Å². The standard InChI is InChI=1S/C18H30N2O3/c1-12(2)10-13(3)19-14-8-9-16(22-7)15(11-14)20-17(21)23-18(4,5)6/h8-9,11-13,19H,10H2,1-7H3,(H,20,21). The van der Waals surface area contributed by atoms with E-state index in [1.807, 2.05) is 39.0 Å². The lowest BCUT2D eigenvalue weighted by Gasteiger charge is -2.21. The average Bonchev–Trinajstić information content (AvgIpc) is 2.35.